The number of carbonyl (C=O) groups excluding carboxylic acids is 2. The molecule has 0 spiro atoms. The number of hydrogen-bond acceptors (Lipinski definition) is 6. The number of benzene rings is 1. The topological polar surface area (TPSA) is 117 Å². The second kappa shape index (κ2) is 8.74. The summed E-state index contributed by atoms with van der Waals surface area (Å²) in [5.41, 5.74) is 1.16. The molecule has 2 aromatic rings. The number of nitriles is 1. The van der Waals surface area contributed by atoms with Crippen LogP contribution in [0.4, 0.5) is 4.79 Å². The lowest BCUT2D eigenvalue weighted by atomic mass is 10.2. The summed E-state index contributed by atoms with van der Waals surface area (Å²) in [5.74, 6) is 0.104. The molecule has 8 nitrogen and oxygen atoms in total. The fraction of sp³-hybridized carbons (Fsp3) is 0.500. The van der Waals surface area contributed by atoms with Crippen molar-refractivity contribution < 1.29 is 19.1 Å². The minimum absolute atomic E-state index is 0.104. The lowest BCUT2D eigenvalue weighted by Gasteiger charge is -2.22. The second-order valence-electron chi connectivity index (χ2n) is 7.95. The van der Waals surface area contributed by atoms with Crippen LogP contribution in [0.5, 0.6) is 0 Å². The van der Waals surface area contributed by atoms with E-state index in [0.29, 0.717) is 22.4 Å². The first-order chi connectivity index (χ1) is 13.1. The van der Waals surface area contributed by atoms with E-state index >= 15 is 0 Å². The van der Waals surface area contributed by atoms with Crippen molar-refractivity contribution in [2.45, 2.75) is 52.7 Å². The van der Waals surface area contributed by atoms with E-state index in [4.69, 9.17) is 14.7 Å². The number of nitrogens with one attached hydrogen (secondary N) is 2. The predicted molar refractivity (Wildman–Crippen MR) is 103 cm³/mol. The van der Waals surface area contributed by atoms with Crippen LogP contribution < -0.4 is 5.32 Å². The summed E-state index contributed by atoms with van der Waals surface area (Å²) in [6, 6.07) is 6.18. The molecule has 1 atom stereocenters. The minimum Gasteiger partial charge on any atom is -0.464 e. The molecule has 0 unspecified atom stereocenters. The van der Waals surface area contributed by atoms with Crippen LogP contribution in [-0.2, 0) is 20.7 Å². The highest BCUT2D eigenvalue weighted by Crippen LogP contribution is 2.15. The highest BCUT2D eigenvalue weighted by atomic mass is 16.6. The number of hydrogen-bond donors (Lipinski definition) is 2. The van der Waals surface area contributed by atoms with Gasteiger partial charge in [-0.15, -0.1) is 0 Å². The van der Waals surface area contributed by atoms with E-state index in [1.54, 1.807) is 39.0 Å². The third-order valence-corrected chi connectivity index (χ3v) is 3.59. The van der Waals surface area contributed by atoms with Crippen LogP contribution in [0.2, 0.25) is 0 Å². The summed E-state index contributed by atoms with van der Waals surface area (Å²) in [7, 11) is 0. The van der Waals surface area contributed by atoms with Gasteiger partial charge in [0.05, 0.1) is 29.3 Å². The number of aromatic nitrogens is 2. The molecule has 0 radical (unpaired) electrons. The van der Waals surface area contributed by atoms with Crippen molar-refractivity contribution in [2.24, 2.45) is 5.92 Å². The molecule has 1 aromatic heterocycles. The van der Waals surface area contributed by atoms with Crippen LogP contribution in [0, 0.1) is 17.2 Å². The van der Waals surface area contributed by atoms with Gasteiger partial charge in [0.2, 0.25) is 0 Å². The third-order valence-electron chi connectivity index (χ3n) is 3.59. The van der Waals surface area contributed by atoms with Crippen LogP contribution in [-0.4, -0.2) is 40.3 Å². The van der Waals surface area contributed by atoms with Gasteiger partial charge < -0.3 is 19.8 Å². The normalized spacial score (nSPS) is 12.5. The van der Waals surface area contributed by atoms with Crippen LogP contribution in [0.3, 0.4) is 0 Å². The third kappa shape index (κ3) is 6.27. The van der Waals surface area contributed by atoms with Gasteiger partial charge in [-0.1, -0.05) is 13.8 Å². The average Bonchev–Trinajstić information content (AvgIpc) is 2.98. The Hall–Kier alpha value is -3.08. The van der Waals surface area contributed by atoms with Gasteiger partial charge in [-0.05, 0) is 44.9 Å². The fourth-order valence-corrected chi connectivity index (χ4v) is 2.41. The lowest BCUT2D eigenvalue weighted by molar-refractivity contribution is -0.147. The van der Waals surface area contributed by atoms with Gasteiger partial charge in [0.15, 0.2) is 0 Å². The van der Waals surface area contributed by atoms with Crippen LogP contribution in [0.15, 0.2) is 18.2 Å². The number of nitrogens with zero attached hydrogens (tertiary/aromatic N) is 2. The van der Waals surface area contributed by atoms with Gasteiger partial charge in [0, 0.05) is 6.42 Å². The Morgan fingerprint density at radius 2 is 2.04 bits per heavy atom. The quantitative estimate of drug-likeness (QED) is 0.737. The van der Waals surface area contributed by atoms with Gasteiger partial charge in [-0.25, -0.2) is 14.6 Å². The summed E-state index contributed by atoms with van der Waals surface area (Å²) >= 11 is 0. The van der Waals surface area contributed by atoms with Crippen LogP contribution in [0.25, 0.3) is 11.0 Å². The largest absolute Gasteiger partial charge is 0.464 e. The average molecular weight is 386 g/mol. The predicted octanol–water partition coefficient (Wildman–Crippen LogP) is 3.07. The molecule has 2 N–H and O–H groups in total. The molecule has 150 valence electrons. The van der Waals surface area contributed by atoms with Crippen LogP contribution in [0.1, 0.15) is 46.0 Å². The van der Waals surface area contributed by atoms with E-state index in [9.17, 15) is 9.59 Å². The number of amides is 1. The zero-order valence-corrected chi connectivity index (χ0v) is 16.8. The molecule has 0 saturated carbocycles. The molecular weight excluding hydrogens is 360 g/mol. The number of esters is 1. The number of fused-ring (bicyclic) bond motifs is 1. The maximum absolute atomic E-state index is 12.5. The number of carbonyl (C=O) groups is 2. The van der Waals surface area contributed by atoms with E-state index in [1.807, 2.05) is 13.8 Å². The summed E-state index contributed by atoms with van der Waals surface area (Å²) in [6.07, 6.45) is -0.603. The number of ether oxygens (including phenoxy) is 2. The van der Waals surface area contributed by atoms with Gasteiger partial charge in [-0.2, -0.15) is 5.26 Å². The summed E-state index contributed by atoms with van der Waals surface area (Å²) in [4.78, 5) is 32.1. The van der Waals surface area contributed by atoms with Crippen molar-refractivity contribution in [3.63, 3.8) is 0 Å². The molecule has 1 amide bonds. The Morgan fingerprint density at radius 3 is 2.64 bits per heavy atom. The maximum Gasteiger partial charge on any atom is 0.408 e. The molecule has 0 aliphatic rings. The fourth-order valence-electron chi connectivity index (χ4n) is 2.41. The molecule has 1 aromatic carbocycles. The number of imidazole rings is 1. The van der Waals surface area contributed by atoms with Gasteiger partial charge in [0.1, 0.15) is 17.5 Å². The summed E-state index contributed by atoms with van der Waals surface area (Å²) in [5, 5.41) is 11.6. The number of rotatable bonds is 6. The molecule has 28 heavy (non-hydrogen) atoms. The van der Waals surface area contributed by atoms with Crippen molar-refractivity contribution in [1.29, 1.82) is 5.26 Å². The first-order valence-electron chi connectivity index (χ1n) is 9.12. The van der Waals surface area contributed by atoms with E-state index < -0.39 is 23.7 Å². The number of H-pyrrole nitrogens is 1. The Kier molecular flexibility index (Phi) is 6.62. The second-order valence-corrected chi connectivity index (χ2v) is 7.95. The first kappa shape index (κ1) is 21.2. The van der Waals surface area contributed by atoms with Crippen molar-refractivity contribution >= 4 is 23.1 Å². The Morgan fingerprint density at radius 1 is 1.32 bits per heavy atom. The van der Waals surface area contributed by atoms with Crippen LogP contribution >= 0.6 is 0 Å². The molecule has 0 saturated heterocycles. The molecule has 2 rings (SSSR count). The van der Waals surface area contributed by atoms with Crippen molar-refractivity contribution in [1.82, 2.24) is 15.3 Å². The molecule has 8 heteroatoms. The van der Waals surface area contributed by atoms with Crippen molar-refractivity contribution in [2.75, 3.05) is 6.61 Å². The monoisotopic (exact) mass is 386 g/mol. The Balaban J connectivity index is 2.19. The number of aromatic amines is 1. The van der Waals surface area contributed by atoms with Gasteiger partial charge in [0.25, 0.3) is 0 Å². The summed E-state index contributed by atoms with van der Waals surface area (Å²) in [6.45, 7) is 9.32. The smallest absolute Gasteiger partial charge is 0.408 e. The van der Waals surface area contributed by atoms with E-state index in [0.717, 1.165) is 0 Å². The van der Waals surface area contributed by atoms with E-state index in [-0.39, 0.29) is 18.9 Å². The zero-order chi connectivity index (χ0) is 20.9. The first-order valence-corrected chi connectivity index (χ1v) is 9.12. The molecule has 0 bridgehead atoms. The Bertz CT molecular complexity index is 890. The molecular formula is C20H26N4O4. The highest BCUT2D eigenvalue weighted by Gasteiger charge is 2.27. The minimum atomic E-state index is -0.954. The van der Waals surface area contributed by atoms with E-state index in [1.165, 1.54) is 0 Å². The molecule has 0 aliphatic carbocycles. The Labute approximate surface area is 164 Å². The van der Waals surface area contributed by atoms with E-state index in [2.05, 4.69) is 21.4 Å². The molecule has 1 heterocycles. The zero-order valence-electron chi connectivity index (χ0n) is 16.8. The standard InChI is InChI=1S/C20H26N4O4/c1-12(2)11-27-18(25)16(24-19(26)28-20(3,4)5)9-17-22-14-7-6-13(10-21)8-15(14)23-17/h6-8,12,16H,9,11H2,1-5H3,(H,22,23)(H,24,26)/t16-/m0/s1. The molecule has 0 fully saturated rings. The summed E-state index contributed by atoms with van der Waals surface area (Å²) < 4.78 is 10.5. The van der Waals surface area contributed by atoms with Crippen molar-refractivity contribution in [3.05, 3.63) is 29.6 Å². The number of alkyl carbamates (subject to hydrolysis) is 1. The van der Waals surface area contributed by atoms with Gasteiger partial charge in [-0.3, -0.25) is 0 Å². The maximum atomic E-state index is 12.5. The SMILES string of the molecule is CC(C)COC(=O)[C@H](Cc1nc2ccc(C#N)cc2[nH]1)NC(=O)OC(C)(C)C. The molecule has 0 aliphatic heterocycles. The van der Waals surface area contributed by atoms with Crippen molar-refractivity contribution in [3.8, 4) is 6.07 Å². The van der Waals surface area contributed by atoms with Gasteiger partial charge >= 0.3 is 12.1 Å². The lowest BCUT2D eigenvalue weighted by Crippen LogP contribution is -2.45. The highest BCUT2D eigenvalue weighted by molar-refractivity contribution is 5.82.